The molecule has 1 atom stereocenters. The van der Waals surface area contributed by atoms with Crippen molar-refractivity contribution in [1.29, 1.82) is 0 Å². The van der Waals surface area contributed by atoms with Gasteiger partial charge in [-0.15, -0.1) is 11.8 Å². The third-order valence-electron chi connectivity index (χ3n) is 3.98. The van der Waals surface area contributed by atoms with Gasteiger partial charge in [-0.2, -0.15) is 0 Å². The van der Waals surface area contributed by atoms with Crippen LogP contribution >= 0.6 is 11.8 Å². The minimum atomic E-state index is -0.655. The highest BCUT2D eigenvalue weighted by Crippen LogP contribution is 2.33. The Bertz CT molecular complexity index is 423. The average molecular weight is 279 g/mol. The topological polar surface area (TPSA) is 40.5 Å². The van der Waals surface area contributed by atoms with E-state index in [9.17, 15) is 9.90 Å². The van der Waals surface area contributed by atoms with Crippen molar-refractivity contribution in [1.82, 2.24) is 4.90 Å². The summed E-state index contributed by atoms with van der Waals surface area (Å²) in [6.45, 7) is 3.74. The zero-order chi connectivity index (χ0) is 13.7. The second-order valence-corrected chi connectivity index (χ2v) is 6.11. The van der Waals surface area contributed by atoms with Crippen LogP contribution in [-0.4, -0.2) is 40.4 Å². The Morgan fingerprint density at radius 2 is 2.16 bits per heavy atom. The lowest BCUT2D eigenvalue weighted by atomic mass is 9.93. The Morgan fingerprint density at radius 1 is 1.42 bits per heavy atom. The Kier molecular flexibility index (Phi) is 4.88. The number of thioether (sulfide) groups is 1. The fourth-order valence-electron chi connectivity index (χ4n) is 2.84. The predicted octanol–water partition coefficient (Wildman–Crippen LogP) is 3.11. The van der Waals surface area contributed by atoms with Crippen molar-refractivity contribution in [2.75, 3.05) is 18.8 Å². The van der Waals surface area contributed by atoms with Crippen LogP contribution in [-0.2, 0) is 4.79 Å². The number of likely N-dealkylation sites (tertiary alicyclic amines) is 1. The molecule has 2 rings (SSSR count). The van der Waals surface area contributed by atoms with E-state index in [0.29, 0.717) is 6.42 Å². The molecule has 0 bridgehead atoms. The molecule has 1 aromatic carbocycles. The summed E-state index contributed by atoms with van der Waals surface area (Å²) < 4.78 is 0. The van der Waals surface area contributed by atoms with E-state index in [4.69, 9.17) is 0 Å². The van der Waals surface area contributed by atoms with Crippen LogP contribution in [0.1, 0.15) is 26.2 Å². The van der Waals surface area contributed by atoms with Crippen LogP contribution in [0.3, 0.4) is 0 Å². The van der Waals surface area contributed by atoms with Gasteiger partial charge in [-0.1, -0.05) is 25.1 Å². The molecule has 0 aromatic heterocycles. The zero-order valence-electron chi connectivity index (χ0n) is 11.3. The van der Waals surface area contributed by atoms with Crippen LogP contribution in [0, 0.1) is 0 Å². The van der Waals surface area contributed by atoms with Gasteiger partial charge in [0.25, 0.3) is 0 Å². The molecule has 0 radical (unpaired) electrons. The van der Waals surface area contributed by atoms with Crippen molar-refractivity contribution in [3.05, 3.63) is 30.3 Å². The molecule has 0 saturated carbocycles. The minimum absolute atomic E-state index is 0.614. The summed E-state index contributed by atoms with van der Waals surface area (Å²) in [6.07, 6.45) is 2.48. The number of aliphatic carboxylic acids is 1. The molecule has 1 unspecified atom stereocenters. The highest BCUT2D eigenvalue weighted by molar-refractivity contribution is 7.99. The van der Waals surface area contributed by atoms with Crippen molar-refractivity contribution >= 4 is 17.7 Å². The van der Waals surface area contributed by atoms with E-state index < -0.39 is 11.5 Å². The SMILES string of the molecule is CCC1(C(=O)O)CCCN1CCSc1ccccc1. The van der Waals surface area contributed by atoms with Crippen molar-refractivity contribution in [3.8, 4) is 0 Å². The highest BCUT2D eigenvalue weighted by Gasteiger charge is 2.45. The number of rotatable bonds is 6. The molecule has 1 heterocycles. The predicted molar refractivity (Wildman–Crippen MR) is 78.6 cm³/mol. The largest absolute Gasteiger partial charge is 0.480 e. The van der Waals surface area contributed by atoms with Crippen molar-refractivity contribution in [2.45, 2.75) is 36.6 Å². The molecule has 1 aliphatic rings. The molecule has 4 heteroatoms. The maximum atomic E-state index is 11.5. The fraction of sp³-hybridized carbons (Fsp3) is 0.533. The first kappa shape index (κ1) is 14.4. The number of nitrogens with zero attached hydrogens (tertiary/aromatic N) is 1. The molecule has 0 amide bonds. The summed E-state index contributed by atoms with van der Waals surface area (Å²) in [5.41, 5.74) is -0.614. The Labute approximate surface area is 119 Å². The fourth-order valence-corrected chi connectivity index (χ4v) is 3.74. The van der Waals surface area contributed by atoms with Gasteiger partial charge in [0.15, 0.2) is 0 Å². The third-order valence-corrected chi connectivity index (χ3v) is 4.97. The molecular weight excluding hydrogens is 258 g/mol. The molecule has 0 aliphatic carbocycles. The van der Waals surface area contributed by atoms with Gasteiger partial charge < -0.3 is 5.11 Å². The monoisotopic (exact) mass is 279 g/mol. The average Bonchev–Trinajstić information content (AvgIpc) is 2.84. The van der Waals surface area contributed by atoms with E-state index in [1.165, 1.54) is 4.90 Å². The van der Waals surface area contributed by atoms with Gasteiger partial charge in [0.05, 0.1) is 0 Å². The van der Waals surface area contributed by atoms with Crippen LogP contribution in [0.15, 0.2) is 35.2 Å². The van der Waals surface area contributed by atoms with E-state index in [2.05, 4.69) is 17.0 Å². The smallest absolute Gasteiger partial charge is 0.324 e. The molecule has 1 N–H and O–H groups in total. The molecule has 19 heavy (non-hydrogen) atoms. The number of benzene rings is 1. The Balaban J connectivity index is 1.90. The second-order valence-electron chi connectivity index (χ2n) is 4.94. The molecule has 1 fully saturated rings. The molecule has 1 aromatic rings. The lowest BCUT2D eigenvalue weighted by Crippen LogP contribution is -2.50. The number of hydrogen-bond donors (Lipinski definition) is 1. The van der Waals surface area contributed by atoms with Gasteiger partial charge in [0.1, 0.15) is 5.54 Å². The molecule has 104 valence electrons. The van der Waals surface area contributed by atoms with E-state index in [0.717, 1.165) is 31.7 Å². The van der Waals surface area contributed by atoms with Gasteiger partial charge in [-0.3, -0.25) is 9.69 Å². The van der Waals surface area contributed by atoms with Crippen molar-refractivity contribution < 1.29 is 9.90 Å². The molecule has 0 spiro atoms. The lowest BCUT2D eigenvalue weighted by molar-refractivity contribution is -0.149. The van der Waals surface area contributed by atoms with Gasteiger partial charge >= 0.3 is 5.97 Å². The molecule has 1 saturated heterocycles. The standard InChI is InChI=1S/C15H21NO2S/c1-2-15(14(17)18)9-6-10-16(15)11-12-19-13-7-4-3-5-8-13/h3-5,7-8H,2,6,9-12H2,1H3,(H,17,18). The number of carboxylic acids is 1. The lowest BCUT2D eigenvalue weighted by Gasteiger charge is -2.33. The van der Waals surface area contributed by atoms with Gasteiger partial charge in [0, 0.05) is 17.2 Å². The van der Waals surface area contributed by atoms with E-state index >= 15 is 0 Å². The van der Waals surface area contributed by atoms with Gasteiger partial charge in [-0.05, 0) is 37.9 Å². The quantitative estimate of drug-likeness (QED) is 0.812. The van der Waals surface area contributed by atoms with E-state index in [-0.39, 0.29) is 0 Å². The minimum Gasteiger partial charge on any atom is -0.480 e. The van der Waals surface area contributed by atoms with Crippen molar-refractivity contribution in [3.63, 3.8) is 0 Å². The number of carbonyl (C=O) groups is 1. The first-order valence-corrected chi connectivity index (χ1v) is 7.84. The third kappa shape index (κ3) is 3.12. The normalized spacial score (nSPS) is 23.6. The molecule has 1 aliphatic heterocycles. The Hall–Kier alpha value is -1.00. The Morgan fingerprint density at radius 3 is 2.79 bits per heavy atom. The summed E-state index contributed by atoms with van der Waals surface area (Å²) in [5.74, 6) is 0.288. The van der Waals surface area contributed by atoms with E-state index in [1.54, 1.807) is 11.8 Å². The summed E-state index contributed by atoms with van der Waals surface area (Å²) in [6, 6.07) is 10.3. The first-order valence-electron chi connectivity index (χ1n) is 6.85. The summed E-state index contributed by atoms with van der Waals surface area (Å²) >= 11 is 1.80. The highest BCUT2D eigenvalue weighted by atomic mass is 32.2. The summed E-state index contributed by atoms with van der Waals surface area (Å²) in [7, 11) is 0. The van der Waals surface area contributed by atoms with Crippen LogP contribution in [0.25, 0.3) is 0 Å². The second kappa shape index (κ2) is 6.44. The molecule has 3 nitrogen and oxygen atoms in total. The van der Waals surface area contributed by atoms with Gasteiger partial charge in [0.2, 0.25) is 0 Å². The number of hydrogen-bond acceptors (Lipinski definition) is 3. The zero-order valence-corrected chi connectivity index (χ0v) is 12.2. The van der Waals surface area contributed by atoms with Crippen LogP contribution in [0.2, 0.25) is 0 Å². The van der Waals surface area contributed by atoms with Crippen LogP contribution < -0.4 is 0 Å². The maximum absolute atomic E-state index is 11.5. The van der Waals surface area contributed by atoms with Crippen LogP contribution in [0.4, 0.5) is 0 Å². The van der Waals surface area contributed by atoms with Gasteiger partial charge in [-0.25, -0.2) is 0 Å². The number of carboxylic acid groups (broad SMARTS) is 1. The van der Waals surface area contributed by atoms with Crippen LogP contribution in [0.5, 0.6) is 0 Å². The first-order chi connectivity index (χ1) is 9.19. The summed E-state index contributed by atoms with van der Waals surface area (Å²) in [5, 5.41) is 9.50. The maximum Gasteiger partial charge on any atom is 0.324 e. The van der Waals surface area contributed by atoms with Crippen molar-refractivity contribution in [2.24, 2.45) is 0 Å². The van der Waals surface area contributed by atoms with E-state index in [1.807, 2.05) is 25.1 Å². The summed E-state index contributed by atoms with van der Waals surface area (Å²) in [4.78, 5) is 15.0. The molecular formula is C15H21NO2S.